The Hall–Kier alpha value is -1.06. The highest BCUT2D eigenvalue weighted by Crippen LogP contribution is 2.35. The Kier molecular flexibility index (Phi) is 5.87. The third-order valence-corrected chi connectivity index (χ3v) is 6.68. The highest BCUT2D eigenvalue weighted by atomic mass is 32.2. The Labute approximate surface area is 134 Å². The smallest absolute Gasteiger partial charge is 0.238 e. The Morgan fingerprint density at radius 1 is 1.27 bits per heavy atom. The predicted octanol–water partition coefficient (Wildman–Crippen LogP) is 1.45. The number of sulfonamides is 1. The van der Waals surface area contributed by atoms with Gasteiger partial charge in [0, 0.05) is 12.6 Å². The lowest BCUT2D eigenvalue weighted by Crippen LogP contribution is -2.53. The summed E-state index contributed by atoms with van der Waals surface area (Å²) in [7, 11) is -3.44. The molecule has 124 valence electrons. The van der Waals surface area contributed by atoms with E-state index in [0.717, 1.165) is 30.1 Å². The minimum atomic E-state index is -3.44. The molecule has 0 N–H and O–H groups in total. The summed E-state index contributed by atoms with van der Waals surface area (Å²) in [6, 6.07) is 0.298. The van der Waals surface area contributed by atoms with Crippen molar-refractivity contribution in [1.29, 1.82) is 0 Å². The number of carbonyl (C=O) groups excluding carboxylic acids is 1. The molecular formula is C16H26N2O3S. The van der Waals surface area contributed by atoms with Crippen LogP contribution in [0.4, 0.5) is 0 Å². The van der Waals surface area contributed by atoms with Crippen LogP contribution >= 0.6 is 0 Å². The lowest BCUT2D eigenvalue weighted by molar-refractivity contribution is -0.137. The van der Waals surface area contributed by atoms with Gasteiger partial charge in [-0.05, 0) is 38.5 Å². The van der Waals surface area contributed by atoms with Gasteiger partial charge in [-0.3, -0.25) is 4.79 Å². The molecule has 5 nitrogen and oxygen atoms in total. The van der Waals surface area contributed by atoms with E-state index in [1.807, 2.05) is 4.90 Å². The molecule has 0 radical (unpaired) electrons. The van der Waals surface area contributed by atoms with Crippen molar-refractivity contribution >= 4 is 15.9 Å². The summed E-state index contributed by atoms with van der Waals surface area (Å²) in [6.45, 7) is 2.16. The average molecular weight is 326 g/mol. The molecule has 2 rings (SSSR count). The maximum Gasteiger partial charge on any atom is 0.238 e. The molecule has 0 bridgehead atoms. The maximum atomic E-state index is 12.7. The van der Waals surface area contributed by atoms with Gasteiger partial charge in [0.15, 0.2) is 0 Å². The van der Waals surface area contributed by atoms with Crippen molar-refractivity contribution in [2.45, 2.75) is 51.5 Å². The number of likely N-dealkylation sites (tertiary alicyclic amines) is 1. The van der Waals surface area contributed by atoms with E-state index in [1.54, 1.807) is 6.92 Å². The number of hydrogen-bond donors (Lipinski definition) is 0. The molecule has 1 heterocycles. The normalized spacial score (nSPS) is 25.6. The van der Waals surface area contributed by atoms with Gasteiger partial charge < -0.3 is 4.90 Å². The van der Waals surface area contributed by atoms with Crippen LogP contribution in [0.5, 0.6) is 0 Å². The van der Waals surface area contributed by atoms with Crippen LogP contribution in [0.25, 0.3) is 0 Å². The fourth-order valence-corrected chi connectivity index (χ4v) is 4.66. The van der Waals surface area contributed by atoms with Gasteiger partial charge in [0.05, 0.1) is 18.8 Å². The van der Waals surface area contributed by atoms with E-state index in [-0.39, 0.29) is 24.7 Å². The van der Waals surface area contributed by atoms with Crippen LogP contribution in [0.15, 0.2) is 0 Å². The molecule has 6 heteroatoms. The third kappa shape index (κ3) is 3.82. The molecule has 2 aliphatic rings. The van der Waals surface area contributed by atoms with E-state index < -0.39 is 10.0 Å². The first-order valence-corrected chi connectivity index (χ1v) is 9.81. The fraction of sp³-hybridized carbons (Fsp3) is 0.812. The second kappa shape index (κ2) is 7.47. The zero-order valence-corrected chi connectivity index (χ0v) is 14.1. The number of terminal acetylenes is 1. The molecule has 0 unspecified atom stereocenters. The molecular weight excluding hydrogens is 300 g/mol. The van der Waals surface area contributed by atoms with Crippen LogP contribution in [-0.4, -0.2) is 55.0 Å². The minimum absolute atomic E-state index is 0.0337. The molecule has 0 aromatic heterocycles. The molecule has 0 aromatic rings. The van der Waals surface area contributed by atoms with Crippen LogP contribution < -0.4 is 0 Å². The van der Waals surface area contributed by atoms with Gasteiger partial charge in [0.1, 0.15) is 0 Å². The number of piperidine rings is 1. The van der Waals surface area contributed by atoms with Crippen molar-refractivity contribution in [2.24, 2.45) is 5.92 Å². The summed E-state index contributed by atoms with van der Waals surface area (Å²) in [5.74, 6) is 2.81. The lowest BCUT2D eigenvalue weighted by atomic mass is 9.78. The maximum absolute atomic E-state index is 12.7. The zero-order valence-electron chi connectivity index (χ0n) is 13.3. The van der Waals surface area contributed by atoms with Crippen molar-refractivity contribution in [3.8, 4) is 12.3 Å². The monoisotopic (exact) mass is 326 g/mol. The predicted molar refractivity (Wildman–Crippen MR) is 86.6 cm³/mol. The zero-order chi connectivity index (χ0) is 16.2. The summed E-state index contributed by atoms with van der Waals surface area (Å²) in [5.41, 5.74) is 0. The minimum Gasteiger partial charge on any atom is -0.338 e. The van der Waals surface area contributed by atoms with Crippen molar-refractivity contribution in [3.05, 3.63) is 0 Å². The summed E-state index contributed by atoms with van der Waals surface area (Å²) < 4.78 is 25.2. The number of hydrogen-bond acceptors (Lipinski definition) is 3. The number of amides is 1. The standard InChI is InChI=1S/C16H26N2O3S/c1-3-11-17(22(20,21)4-2)13-16(19)18-12-7-9-14-8-5-6-10-15(14)18/h1,14-15H,4-13H2,2H3/t14-,15-/m1/s1. The van der Waals surface area contributed by atoms with E-state index >= 15 is 0 Å². The Balaban J connectivity index is 2.07. The van der Waals surface area contributed by atoms with Gasteiger partial charge in [-0.2, -0.15) is 4.31 Å². The van der Waals surface area contributed by atoms with E-state index in [4.69, 9.17) is 6.42 Å². The Morgan fingerprint density at radius 2 is 1.95 bits per heavy atom. The molecule has 1 amide bonds. The Morgan fingerprint density at radius 3 is 2.64 bits per heavy atom. The van der Waals surface area contributed by atoms with Crippen molar-refractivity contribution < 1.29 is 13.2 Å². The van der Waals surface area contributed by atoms with Gasteiger partial charge >= 0.3 is 0 Å². The van der Waals surface area contributed by atoms with E-state index in [1.165, 1.54) is 19.3 Å². The van der Waals surface area contributed by atoms with Crippen LogP contribution in [-0.2, 0) is 14.8 Å². The summed E-state index contributed by atoms with van der Waals surface area (Å²) in [4.78, 5) is 14.6. The topological polar surface area (TPSA) is 57.7 Å². The van der Waals surface area contributed by atoms with Crippen molar-refractivity contribution in [2.75, 3.05) is 25.4 Å². The van der Waals surface area contributed by atoms with Crippen LogP contribution in [0.1, 0.15) is 45.4 Å². The third-order valence-electron chi connectivity index (χ3n) is 4.90. The highest BCUT2D eigenvalue weighted by Gasteiger charge is 2.36. The second-order valence-electron chi connectivity index (χ2n) is 6.21. The van der Waals surface area contributed by atoms with Crippen molar-refractivity contribution in [1.82, 2.24) is 9.21 Å². The molecule has 1 saturated carbocycles. The van der Waals surface area contributed by atoms with Crippen molar-refractivity contribution in [3.63, 3.8) is 0 Å². The quantitative estimate of drug-likeness (QED) is 0.719. The van der Waals surface area contributed by atoms with E-state index in [2.05, 4.69) is 5.92 Å². The number of nitrogens with zero attached hydrogens (tertiary/aromatic N) is 2. The molecule has 2 fully saturated rings. The fourth-order valence-electron chi connectivity index (χ4n) is 3.71. The molecule has 0 spiro atoms. The first kappa shape index (κ1) is 17.3. The van der Waals surface area contributed by atoms with Gasteiger partial charge in [-0.25, -0.2) is 8.42 Å². The van der Waals surface area contributed by atoms with Crippen LogP contribution in [0, 0.1) is 18.3 Å². The largest absolute Gasteiger partial charge is 0.338 e. The number of rotatable bonds is 5. The van der Waals surface area contributed by atoms with Gasteiger partial charge in [0.2, 0.25) is 15.9 Å². The highest BCUT2D eigenvalue weighted by molar-refractivity contribution is 7.89. The molecule has 1 saturated heterocycles. The van der Waals surface area contributed by atoms with Gasteiger partial charge in [-0.15, -0.1) is 6.42 Å². The molecule has 2 atom stereocenters. The lowest BCUT2D eigenvalue weighted by Gasteiger charge is -2.44. The first-order valence-electron chi connectivity index (χ1n) is 8.20. The molecule has 1 aliphatic carbocycles. The van der Waals surface area contributed by atoms with E-state index in [0.29, 0.717) is 12.0 Å². The Bertz CT molecular complexity index is 536. The SMILES string of the molecule is C#CCN(CC(=O)N1CCC[C@H]2CCCC[C@H]21)S(=O)(=O)CC. The average Bonchev–Trinajstić information content (AvgIpc) is 2.53. The van der Waals surface area contributed by atoms with Gasteiger partial charge in [0.25, 0.3) is 0 Å². The molecule has 1 aliphatic heterocycles. The summed E-state index contributed by atoms with van der Waals surface area (Å²) in [6.07, 6.45) is 12.1. The number of carbonyl (C=O) groups is 1. The van der Waals surface area contributed by atoms with E-state index in [9.17, 15) is 13.2 Å². The number of fused-ring (bicyclic) bond motifs is 1. The summed E-state index contributed by atoms with van der Waals surface area (Å²) in [5, 5.41) is 0. The molecule has 22 heavy (non-hydrogen) atoms. The second-order valence-corrected chi connectivity index (χ2v) is 8.47. The molecule has 0 aromatic carbocycles. The first-order chi connectivity index (χ1) is 10.5. The van der Waals surface area contributed by atoms with Crippen LogP contribution in [0.2, 0.25) is 0 Å². The summed E-state index contributed by atoms with van der Waals surface area (Å²) >= 11 is 0. The van der Waals surface area contributed by atoms with Gasteiger partial charge in [-0.1, -0.05) is 18.8 Å². The van der Waals surface area contributed by atoms with Crippen LogP contribution in [0.3, 0.4) is 0 Å².